The lowest BCUT2D eigenvalue weighted by atomic mass is 10.0. The van der Waals surface area contributed by atoms with Crippen molar-refractivity contribution in [1.82, 2.24) is 15.5 Å². The van der Waals surface area contributed by atoms with Gasteiger partial charge in [-0.2, -0.15) is 5.10 Å². The van der Waals surface area contributed by atoms with Gasteiger partial charge in [0.05, 0.1) is 41.9 Å². The van der Waals surface area contributed by atoms with E-state index in [0.29, 0.717) is 28.1 Å². The van der Waals surface area contributed by atoms with E-state index in [0.717, 1.165) is 16.8 Å². The Balaban J connectivity index is 1.67. The molecule has 0 saturated heterocycles. The van der Waals surface area contributed by atoms with E-state index in [1.165, 1.54) is 7.11 Å². The van der Waals surface area contributed by atoms with Gasteiger partial charge in [-0.05, 0) is 41.8 Å². The molecule has 1 aromatic heterocycles. The fourth-order valence-corrected chi connectivity index (χ4v) is 3.48. The van der Waals surface area contributed by atoms with Crippen LogP contribution in [0.5, 0.6) is 17.2 Å². The molecule has 3 aromatic rings. The molecule has 1 atom stereocenters. The second kappa shape index (κ2) is 8.69. The summed E-state index contributed by atoms with van der Waals surface area (Å²) in [4.78, 5) is 12.9. The molecule has 4 rings (SSSR count). The third kappa shape index (κ3) is 4.06. The van der Waals surface area contributed by atoms with Gasteiger partial charge in [0.25, 0.3) is 5.91 Å². The average molecular weight is 423 g/mol. The highest BCUT2D eigenvalue weighted by Gasteiger charge is 2.22. The number of hydrogen-bond acceptors (Lipinski definition) is 6. The minimum absolute atomic E-state index is 0.0952. The first-order valence-electron chi connectivity index (χ1n) is 10.1. The van der Waals surface area contributed by atoms with Crippen LogP contribution in [0.25, 0.3) is 23.1 Å². The summed E-state index contributed by atoms with van der Waals surface area (Å²) in [5, 5.41) is 20.5. The number of aromatic nitrogens is 2. The third-order valence-electron chi connectivity index (χ3n) is 5.31. The third-order valence-corrected chi connectivity index (χ3v) is 5.31. The van der Waals surface area contributed by atoms with Gasteiger partial charge in [-0.1, -0.05) is 26.0 Å². The number of carbonyl (C=O) groups excluding carboxylic acids is 1. The van der Waals surface area contributed by atoms with Crippen molar-refractivity contribution in [2.24, 2.45) is 5.92 Å². The van der Waals surface area contributed by atoms with Crippen molar-refractivity contribution in [3.05, 3.63) is 47.2 Å². The van der Waals surface area contributed by atoms with Crippen LogP contribution in [-0.4, -0.2) is 47.8 Å². The number of nitrogens with zero attached hydrogens (tertiary/aromatic N) is 1. The zero-order chi connectivity index (χ0) is 22.0. The fraction of sp³-hybridized carbons (Fsp3) is 0.304. The first-order valence-corrected chi connectivity index (χ1v) is 10.1. The number of methoxy groups -OCH3 is 1. The van der Waals surface area contributed by atoms with Crippen LogP contribution in [0.2, 0.25) is 0 Å². The number of ether oxygens (including phenoxy) is 3. The molecule has 0 fully saturated rings. The molecule has 31 heavy (non-hydrogen) atoms. The van der Waals surface area contributed by atoms with Crippen LogP contribution < -0.4 is 19.5 Å². The molecule has 0 bridgehead atoms. The molecule has 1 unspecified atom stereocenters. The van der Waals surface area contributed by atoms with Gasteiger partial charge in [0, 0.05) is 0 Å². The van der Waals surface area contributed by atoms with Crippen LogP contribution in [0.1, 0.15) is 35.5 Å². The van der Waals surface area contributed by atoms with Crippen LogP contribution in [0.3, 0.4) is 0 Å². The number of aromatic amines is 1. The van der Waals surface area contributed by atoms with Crippen LogP contribution in [0.15, 0.2) is 30.3 Å². The smallest absolute Gasteiger partial charge is 0.255 e. The Morgan fingerprint density at radius 1 is 1.26 bits per heavy atom. The summed E-state index contributed by atoms with van der Waals surface area (Å²) in [6, 6.07) is 8.82. The van der Waals surface area contributed by atoms with Gasteiger partial charge < -0.3 is 24.6 Å². The van der Waals surface area contributed by atoms with Crippen molar-refractivity contribution in [2.45, 2.75) is 19.9 Å². The summed E-state index contributed by atoms with van der Waals surface area (Å²) in [6.07, 6.45) is 3.76. The molecular weight excluding hydrogens is 398 g/mol. The zero-order valence-electron chi connectivity index (χ0n) is 17.6. The van der Waals surface area contributed by atoms with E-state index >= 15 is 0 Å². The number of hydrogen-bond donors (Lipinski definition) is 3. The Bertz CT molecular complexity index is 1140. The first kappa shape index (κ1) is 20.7. The van der Waals surface area contributed by atoms with E-state index < -0.39 is 0 Å². The van der Waals surface area contributed by atoms with Crippen LogP contribution in [0, 0.1) is 5.92 Å². The predicted octanol–water partition coefficient (Wildman–Crippen LogP) is 3.22. The van der Waals surface area contributed by atoms with E-state index in [4.69, 9.17) is 14.2 Å². The molecule has 1 aliphatic heterocycles. The summed E-state index contributed by atoms with van der Waals surface area (Å²) >= 11 is 0. The number of carbonyl (C=O) groups is 1. The van der Waals surface area contributed by atoms with Gasteiger partial charge in [-0.15, -0.1) is 0 Å². The number of aliphatic hydroxyl groups excluding tert-OH is 1. The molecule has 0 saturated carbocycles. The molecule has 0 radical (unpaired) electrons. The number of aliphatic hydroxyl groups is 1. The number of benzene rings is 2. The number of amides is 1. The SMILES string of the molecule is COc1c(C(=O)NC(CO)C(C)C)ccc2[nH]nc(/C=C/c3ccc4c(c3)OCO4)c12. The maximum absolute atomic E-state index is 12.9. The molecule has 8 nitrogen and oxygen atoms in total. The number of rotatable bonds is 7. The highest BCUT2D eigenvalue weighted by atomic mass is 16.7. The van der Waals surface area contributed by atoms with Gasteiger partial charge in [-0.25, -0.2) is 0 Å². The first-order chi connectivity index (χ1) is 15.0. The predicted molar refractivity (Wildman–Crippen MR) is 117 cm³/mol. The number of H-pyrrole nitrogens is 1. The molecule has 3 N–H and O–H groups in total. The maximum Gasteiger partial charge on any atom is 0.255 e. The summed E-state index contributed by atoms with van der Waals surface area (Å²) in [5.74, 6) is 1.64. The second-order valence-corrected chi connectivity index (χ2v) is 7.63. The highest BCUT2D eigenvalue weighted by Crippen LogP contribution is 2.34. The summed E-state index contributed by atoms with van der Waals surface area (Å²) in [6.45, 7) is 3.97. The van der Waals surface area contributed by atoms with Crippen molar-refractivity contribution < 1.29 is 24.1 Å². The Labute approximate surface area is 179 Å². The van der Waals surface area contributed by atoms with E-state index in [2.05, 4.69) is 15.5 Å². The summed E-state index contributed by atoms with van der Waals surface area (Å²) in [5.41, 5.74) is 2.70. The molecule has 0 spiro atoms. The van der Waals surface area contributed by atoms with Crippen LogP contribution >= 0.6 is 0 Å². The Kier molecular flexibility index (Phi) is 5.81. The highest BCUT2D eigenvalue weighted by molar-refractivity contribution is 6.05. The Hall–Kier alpha value is -3.52. The topological polar surface area (TPSA) is 106 Å². The standard InChI is InChI=1S/C23H25N3O5/c1-13(2)18(11-27)24-23(28)15-6-8-17-21(22(15)29-3)16(25-26-17)7-4-14-5-9-19-20(10-14)31-12-30-19/h4-10,13,18,27H,11-12H2,1-3H3,(H,24,28)(H,25,26)/b7-4+. The van der Waals surface area contributed by atoms with Crippen LogP contribution in [0.4, 0.5) is 0 Å². The van der Waals surface area contributed by atoms with Gasteiger partial charge in [0.15, 0.2) is 11.5 Å². The lowest BCUT2D eigenvalue weighted by Gasteiger charge is -2.20. The minimum atomic E-state index is -0.345. The van der Waals surface area contributed by atoms with Crippen molar-refractivity contribution in [1.29, 1.82) is 0 Å². The molecule has 2 aromatic carbocycles. The maximum atomic E-state index is 12.9. The van der Waals surface area contributed by atoms with Crippen molar-refractivity contribution >= 4 is 29.0 Å². The number of fused-ring (bicyclic) bond motifs is 2. The molecule has 8 heteroatoms. The average Bonchev–Trinajstić information content (AvgIpc) is 3.41. The van der Waals surface area contributed by atoms with E-state index in [1.54, 1.807) is 12.1 Å². The lowest BCUT2D eigenvalue weighted by Crippen LogP contribution is -2.41. The van der Waals surface area contributed by atoms with Gasteiger partial charge >= 0.3 is 0 Å². The fourth-order valence-electron chi connectivity index (χ4n) is 3.48. The molecule has 0 aliphatic carbocycles. The quantitative estimate of drug-likeness (QED) is 0.539. The Morgan fingerprint density at radius 2 is 2.06 bits per heavy atom. The normalized spacial score (nSPS) is 13.8. The molecular formula is C23H25N3O5. The zero-order valence-corrected chi connectivity index (χ0v) is 17.6. The number of nitrogens with one attached hydrogen (secondary N) is 2. The van der Waals surface area contributed by atoms with Crippen LogP contribution in [-0.2, 0) is 0 Å². The molecule has 1 amide bonds. The monoisotopic (exact) mass is 423 g/mol. The minimum Gasteiger partial charge on any atom is -0.495 e. The molecule has 2 heterocycles. The molecule has 162 valence electrons. The molecule has 1 aliphatic rings. The van der Waals surface area contributed by atoms with Gasteiger partial charge in [0.1, 0.15) is 5.75 Å². The summed E-state index contributed by atoms with van der Waals surface area (Å²) < 4.78 is 16.4. The van der Waals surface area contributed by atoms with Crippen molar-refractivity contribution in [3.63, 3.8) is 0 Å². The van der Waals surface area contributed by atoms with Gasteiger partial charge in [-0.3, -0.25) is 9.89 Å². The second-order valence-electron chi connectivity index (χ2n) is 7.63. The van der Waals surface area contributed by atoms with E-state index in [-0.39, 0.29) is 31.3 Å². The van der Waals surface area contributed by atoms with E-state index in [9.17, 15) is 9.90 Å². The lowest BCUT2D eigenvalue weighted by molar-refractivity contribution is 0.0894. The van der Waals surface area contributed by atoms with E-state index in [1.807, 2.05) is 44.2 Å². The largest absolute Gasteiger partial charge is 0.495 e. The van der Waals surface area contributed by atoms with Crippen molar-refractivity contribution in [2.75, 3.05) is 20.5 Å². The summed E-state index contributed by atoms with van der Waals surface area (Å²) in [7, 11) is 1.52. The Morgan fingerprint density at radius 3 is 2.81 bits per heavy atom. The van der Waals surface area contributed by atoms with Gasteiger partial charge in [0.2, 0.25) is 6.79 Å². The van der Waals surface area contributed by atoms with Crippen molar-refractivity contribution in [3.8, 4) is 17.2 Å².